The summed E-state index contributed by atoms with van der Waals surface area (Å²) in [5.41, 5.74) is 7.26. The van der Waals surface area contributed by atoms with E-state index < -0.39 is 0 Å². The van der Waals surface area contributed by atoms with Crippen molar-refractivity contribution in [1.82, 2.24) is 14.9 Å². The Labute approximate surface area is 167 Å². The van der Waals surface area contributed by atoms with Gasteiger partial charge in [0.25, 0.3) is 0 Å². The molecule has 1 saturated heterocycles. The van der Waals surface area contributed by atoms with Gasteiger partial charge in [0.2, 0.25) is 0 Å². The topological polar surface area (TPSA) is 70.6 Å². The van der Waals surface area contributed by atoms with Gasteiger partial charge in [-0.15, -0.1) is 46.7 Å². The van der Waals surface area contributed by atoms with Crippen LogP contribution in [0.2, 0.25) is 0 Å². The monoisotopic (exact) mass is 478 g/mol. The van der Waals surface area contributed by atoms with E-state index >= 15 is 0 Å². The van der Waals surface area contributed by atoms with Gasteiger partial charge in [0.05, 0.1) is 10.7 Å². The van der Waals surface area contributed by atoms with Gasteiger partial charge < -0.3 is 15.5 Å². The standard InChI is InChI=1S/C15H22N6S2.HI/c1-11-12(2)23-13(19-11)3-4-17-14(16)20-6-8-21(9-7-20)15-18-5-10-22-15;/h5,10H,3-4,6-9H2,1-2H3,(H2,16,17);1H. The molecule has 3 heterocycles. The van der Waals surface area contributed by atoms with Crippen LogP contribution in [0.1, 0.15) is 15.6 Å². The van der Waals surface area contributed by atoms with Crippen LogP contribution in [0.5, 0.6) is 0 Å². The maximum atomic E-state index is 6.14. The molecule has 1 fully saturated rings. The number of aryl methyl sites for hydroxylation is 2. The lowest BCUT2D eigenvalue weighted by Crippen LogP contribution is -2.51. The summed E-state index contributed by atoms with van der Waals surface area (Å²) in [4.78, 5) is 19.2. The number of anilines is 1. The molecule has 0 aliphatic carbocycles. The van der Waals surface area contributed by atoms with Gasteiger partial charge in [-0.1, -0.05) is 0 Å². The van der Waals surface area contributed by atoms with E-state index in [0.29, 0.717) is 12.5 Å². The number of hydrogen-bond acceptors (Lipinski definition) is 6. The molecule has 2 aromatic rings. The minimum atomic E-state index is 0. The molecule has 2 N–H and O–H groups in total. The largest absolute Gasteiger partial charge is 0.370 e. The van der Waals surface area contributed by atoms with Crippen molar-refractivity contribution in [2.45, 2.75) is 20.3 Å². The first-order valence-electron chi connectivity index (χ1n) is 7.75. The van der Waals surface area contributed by atoms with Gasteiger partial charge in [-0.2, -0.15) is 0 Å². The molecule has 9 heteroatoms. The van der Waals surface area contributed by atoms with E-state index in [4.69, 9.17) is 5.73 Å². The molecule has 0 bridgehead atoms. The molecular formula is C15H23IN6S2. The van der Waals surface area contributed by atoms with E-state index in [0.717, 1.165) is 48.4 Å². The van der Waals surface area contributed by atoms with Gasteiger partial charge in [0.1, 0.15) is 0 Å². The molecular weight excluding hydrogens is 455 g/mol. The number of aromatic nitrogens is 2. The molecule has 0 spiro atoms. The number of hydrogen-bond donors (Lipinski definition) is 1. The van der Waals surface area contributed by atoms with Crippen LogP contribution >= 0.6 is 46.7 Å². The Hall–Kier alpha value is -0.940. The first-order chi connectivity index (χ1) is 11.1. The Kier molecular flexibility index (Phi) is 7.23. The summed E-state index contributed by atoms with van der Waals surface area (Å²) in [5.74, 6) is 0.647. The van der Waals surface area contributed by atoms with Gasteiger partial charge in [-0.25, -0.2) is 9.97 Å². The van der Waals surface area contributed by atoms with E-state index in [1.54, 1.807) is 22.7 Å². The van der Waals surface area contributed by atoms with Gasteiger partial charge in [0.15, 0.2) is 11.1 Å². The van der Waals surface area contributed by atoms with E-state index in [-0.39, 0.29) is 24.0 Å². The summed E-state index contributed by atoms with van der Waals surface area (Å²) < 4.78 is 0. The highest BCUT2D eigenvalue weighted by Gasteiger charge is 2.19. The van der Waals surface area contributed by atoms with Gasteiger partial charge in [0, 0.05) is 55.6 Å². The third-order valence-corrected chi connectivity index (χ3v) is 5.93. The quantitative estimate of drug-likeness (QED) is 0.416. The Bertz CT molecular complexity index is 642. The van der Waals surface area contributed by atoms with Crippen molar-refractivity contribution in [2.24, 2.45) is 10.7 Å². The average molecular weight is 478 g/mol. The summed E-state index contributed by atoms with van der Waals surface area (Å²) in [6.45, 7) is 8.52. The van der Waals surface area contributed by atoms with Crippen molar-refractivity contribution < 1.29 is 0 Å². The molecule has 0 saturated carbocycles. The van der Waals surface area contributed by atoms with E-state index in [1.165, 1.54) is 4.88 Å². The molecule has 3 rings (SSSR count). The summed E-state index contributed by atoms with van der Waals surface area (Å²) in [6.07, 6.45) is 2.71. The number of aliphatic imine (C=N–C) groups is 1. The van der Waals surface area contributed by atoms with Crippen LogP contribution in [-0.2, 0) is 6.42 Å². The van der Waals surface area contributed by atoms with E-state index in [9.17, 15) is 0 Å². The van der Waals surface area contributed by atoms with Crippen molar-refractivity contribution >= 4 is 57.7 Å². The fourth-order valence-electron chi connectivity index (χ4n) is 2.51. The molecule has 2 aromatic heterocycles. The number of halogens is 1. The molecule has 0 amide bonds. The van der Waals surface area contributed by atoms with E-state index in [1.807, 2.05) is 11.6 Å². The van der Waals surface area contributed by atoms with Crippen molar-refractivity contribution in [3.63, 3.8) is 0 Å². The van der Waals surface area contributed by atoms with Crippen molar-refractivity contribution in [3.8, 4) is 0 Å². The summed E-state index contributed by atoms with van der Waals surface area (Å²) in [7, 11) is 0. The molecule has 1 aliphatic heterocycles. The first kappa shape index (κ1) is 19.4. The van der Waals surface area contributed by atoms with Crippen molar-refractivity contribution in [1.29, 1.82) is 0 Å². The smallest absolute Gasteiger partial charge is 0.191 e. The lowest BCUT2D eigenvalue weighted by Gasteiger charge is -2.35. The SMILES string of the molecule is Cc1nc(CCN=C(N)N2CCN(c3nccs3)CC2)sc1C.I. The van der Waals surface area contributed by atoms with Crippen LogP contribution in [0.3, 0.4) is 0 Å². The number of guanidine groups is 1. The van der Waals surface area contributed by atoms with Crippen molar-refractivity contribution in [3.05, 3.63) is 27.2 Å². The van der Waals surface area contributed by atoms with Gasteiger partial charge in [-0.3, -0.25) is 4.99 Å². The molecule has 0 radical (unpaired) electrons. The van der Waals surface area contributed by atoms with Crippen LogP contribution in [0, 0.1) is 13.8 Å². The minimum absolute atomic E-state index is 0. The molecule has 24 heavy (non-hydrogen) atoms. The summed E-state index contributed by atoms with van der Waals surface area (Å²) >= 11 is 3.44. The maximum absolute atomic E-state index is 6.14. The van der Waals surface area contributed by atoms with E-state index in [2.05, 4.69) is 38.6 Å². The zero-order valence-corrected chi connectivity index (χ0v) is 17.9. The number of nitrogens with two attached hydrogens (primary N) is 1. The summed E-state index contributed by atoms with van der Waals surface area (Å²) in [6, 6.07) is 0. The Balaban J connectivity index is 0.00000208. The molecule has 0 aromatic carbocycles. The normalized spacial score (nSPS) is 15.5. The Morgan fingerprint density at radius 3 is 2.62 bits per heavy atom. The van der Waals surface area contributed by atoms with Gasteiger partial charge in [-0.05, 0) is 13.8 Å². The van der Waals surface area contributed by atoms with Crippen LogP contribution in [-0.4, -0.2) is 53.6 Å². The second-order valence-corrected chi connectivity index (χ2v) is 7.69. The number of rotatable bonds is 4. The Morgan fingerprint density at radius 1 is 1.29 bits per heavy atom. The second-order valence-electron chi connectivity index (χ2n) is 5.53. The first-order valence-corrected chi connectivity index (χ1v) is 9.45. The molecule has 1 aliphatic rings. The predicted molar refractivity (Wildman–Crippen MR) is 113 cm³/mol. The highest BCUT2D eigenvalue weighted by molar-refractivity contribution is 14.0. The van der Waals surface area contributed by atoms with Crippen LogP contribution < -0.4 is 10.6 Å². The van der Waals surface area contributed by atoms with Gasteiger partial charge >= 0.3 is 0 Å². The van der Waals surface area contributed by atoms with Crippen LogP contribution in [0.15, 0.2) is 16.6 Å². The number of piperazine rings is 1. The average Bonchev–Trinajstić information content (AvgIpc) is 3.18. The maximum Gasteiger partial charge on any atom is 0.191 e. The molecule has 0 unspecified atom stereocenters. The fraction of sp³-hybridized carbons (Fsp3) is 0.533. The third-order valence-electron chi connectivity index (χ3n) is 3.97. The highest BCUT2D eigenvalue weighted by atomic mass is 127. The second kappa shape index (κ2) is 8.95. The minimum Gasteiger partial charge on any atom is -0.370 e. The molecule has 6 nitrogen and oxygen atoms in total. The Morgan fingerprint density at radius 2 is 2.04 bits per heavy atom. The fourth-order valence-corrected chi connectivity index (χ4v) is 4.13. The lowest BCUT2D eigenvalue weighted by molar-refractivity contribution is 0.380. The lowest BCUT2D eigenvalue weighted by atomic mass is 10.3. The molecule has 132 valence electrons. The summed E-state index contributed by atoms with van der Waals surface area (Å²) in [5, 5.41) is 4.25. The predicted octanol–water partition coefficient (Wildman–Crippen LogP) is 2.51. The highest BCUT2D eigenvalue weighted by Crippen LogP contribution is 2.19. The zero-order valence-electron chi connectivity index (χ0n) is 13.9. The van der Waals surface area contributed by atoms with Crippen LogP contribution in [0.4, 0.5) is 5.13 Å². The van der Waals surface area contributed by atoms with Crippen molar-refractivity contribution in [2.75, 3.05) is 37.6 Å². The van der Waals surface area contributed by atoms with Crippen LogP contribution in [0.25, 0.3) is 0 Å². The number of nitrogens with zero attached hydrogens (tertiary/aromatic N) is 5. The molecule has 0 atom stereocenters. The number of thiazole rings is 2. The third kappa shape index (κ3) is 4.79. The zero-order chi connectivity index (χ0) is 16.2.